The quantitative estimate of drug-likeness (QED) is 0.376. The summed E-state index contributed by atoms with van der Waals surface area (Å²) in [5.74, 6) is 0. The number of nitrogens with zero attached hydrogens (tertiary/aromatic N) is 1. The van der Waals surface area contributed by atoms with E-state index in [0.29, 0.717) is 0 Å². The van der Waals surface area contributed by atoms with Crippen LogP contribution in [0.1, 0.15) is 11.1 Å². The SMILES string of the molecule is OCc1ccccc1C=NO. The van der Waals surface area contributed by atoms with Gasteiger partial charge in [0.25, 0.3) is 0 Å². The molecule has 0 atom stereocenters. The van der Waals surface area contributed by atoms with Crippen molar-refractivity contribution in [2.24, 2.45) is 5.16 Å². The molecule has 3 heteroatoms. The predicted molar refractivity (Wildman–Crippen MR) is 41.7 cm³/mol. The lowest BCUT2D eigenvalue weighted by atomic mass is 10.1. The van der Waals surface area contributed by atoms with Gasteiger partial charge in [-0.25, -0.2) is 0 Å². The van der Waals surface area contributed by atoms with Gasteiger partial charge in [-0.1, -0.05) is 29.4 Å². The van der Waals surface area contributed by atoms with Crippen LogP contribution in [0.25, 0.3) is 0 Å². The monoisotopic (exact) mass is 151 g/mol. The van der Waals surface area contributed by atoms with Gasteiger partial charge in [-0.3, -0.25) is 0 Å². The van der Waals surface area contributed by atoms with Crippen molar-refractivity contribution >= 4 is 6.21 Å². The molecule has 58 valence electrons. The van der Waals surface area contributed by atoms with Crippen molar-refractivity contribution in [2.45, 2.75) is 6.61 Å². The molecule has 0 radical (unpaired) electrons. The fraction of sp³-hybridized carbons (Fsp3) is 0.125. The van der Waals surface area contributed by atoms with Crippen molar-refractivity contribution in [1.82, 2.24) is 0 Å². The van der Waals surface area contributed by atoms with Crippen LogP contribution in [-0.4, -0.2) is 16.5 Å². The Hall–Kier alpha value is -1.35. The Morgan fingerprint density at radius 2 is 2.09 bits per heavy atom. The summed E-state index contributed by atoms with van der Waals surface area (Å²) >= 11 is 0. The molecule has 3 nitrogen and oxygen atoms in total. The van der Waals surface area contributed by atoms with E-state index in [2.05, 4.69) is 5.16 Å². The Morgan fingerprint density at radius 3 is 2.73 bits per heavy atom. The number of hydrogen-bond acceptors (Lipinski definition) is 3. The van der Waals surface area contributed by atoms with E-state index in [1.54, 1.807) is 12.1 Å². The first-order valence-corrected chi connectivity index (χ1v) is 3.24. The zero-order valence-electron chi connectivity index (χ0n) is 5.94. The van der Waals surface area contributed by atoms with Crippen LogP contribution in [0.15, 0.2) is 29.4 Å². The maximum atomic E-state index is 8.80. The molecular formula is C8H9NO2. The van der Waals surface area contributed by atoms with Gasteiger partial charge in [-0.05, 0) is 5.56 Å². The van der Waals surface area contributed by atoms with Crippen LogP contribution in [0.5, 0.6) is 0 Å². The van der Waals surface area contributed by atoms with Crippen LogP contribution in [0.3, 0.4) is 0 Å². The van der Waals surface area contributed by atoms with E-state index in [0.717, 1.165) is 11.1 Å². The van der Waals surface area contributed by atoms with Gasteiger partial charge in [-0.15, -0.1) is 0 Å². The van der Waals surface area contributed by atoms with Crippen LogP contribution in [0, 0.1) is 0 Å². The summed E-state index contributed by atoms with van der Waals surface area (Å²) in [4.78, 5) is 0. The summed E-state index contributed by atoms with van der Waals surface area (Å²) in [6.07, 6.45) is 1.30. The molecule has 0 aromatic heterocycles. The molecule has 0 spiro atoms. The lowest BCUT2D eigenvalue weighted by Crippen LogP contribution is -1.91. The number of oxime groups is 1. The molecule has 0 aliphatic rings. The molecule has 1 rings (SSSR count). The molecule has 0 unspecified atom stereocenters. The van der Waals surface area contributed by atoms with E-state index in [9.17, 15) is 0 Å². The minimum Gasteiger partial charge on any atom is -0.411 e. The van der Waals surface area contributed by atoms with E-state index < -0.39 is 0 Å². The van der Waals surface area contributed by atoms with Crippen LogP contribution < -0.4 is 0 Å². The van der Waals surface area contributed by atoms with Crippen molar-refractivity contribution in [1.29, 1.82) is 0 Å². The number of aliphatic hydroxyl groups is 1. The molecular weight excluding hydrogens is 142 g/mol. The Morgan fingerprint density at radius 1 is 1.36 bits per heavy atom. The summed E-state index contributed by atoms with van der Waals surface area (Å²) in [6.45, 7) is -0.0395. The van der Waals surface area contributed by atoms with Crippen molar-refractivity contribution in [3.8, 4) is 0 Å². The van der Waals surface area contributed by atoms with Gasteiger partial charge < -0.3 is 10.3 Å². The largest absolute Gasteiger partial charge is 0.411 e. The Bertz CT molecular complexity index is 258. The lowest BCUT2D eigenvalue weighted by Gasteiger charge is -1.98. The normalized spacial score (nSPS) is 10.6. The molecule has 0 aliphatic heterocycles. The maximum absolute atomic E-state index is 8.80. The highest BCUT2D eigenvalue weighted by atomic mass is 16.4. The molecule has 2 N–H and O–H groups in total. The highest BCUT2D eigenvalue weighted by molar-refractivity contribution is 5.81. The number of aliphatic hydroxyl groups excluding tert-OH is 1. The van der Waals surface area contributed by atoms with E-state index >= 15 is 0 Å². The number of hydrogen-bond donors (Lipinski definition) is 2. The molecule has 0 bridgehead atoms. The summed E-state index contributed by atoms with van der Waals surface area (Å²) < 4.78 is 0. The average molecular weight is 151 g/mol. The first-order chi connectivity index (χ1) is 5.38. The van der Waals surface area contributed by atoms with Gasteiger partial charge in [0, 0.05) is 5.56 Å². The molecule has 1 aromatic rings. The maximum Gasteiger partial charge on any atom is 0.0737 e. The highest BCUT2D eigenvalue weighted by Gasteiger charge is 1.95. The molecule has 0 saturated heterocycles. The fourth-order valence-electron chi connectivity index (χ4n) is 0.866. The Kier molecular flexibility index (Phi) is 2.63. The van der Waals surface area contributed by atoms with Crippen molar-refractivity contribution in [3.63, 3.8) is 0 Å². The molecule has 0 amide bonds. The van der Waals surface area contributed by atoms with E-state index in [-0.39, 0.29) is 6.61 Å². The summed E-state index contributed by atoms with van der Waals surface area (Å²) in [7, 11) is 0. The van der Waals surface area contributed by atoms with Crippen LogP contribution in [-0.2, 0) is 6.61 Å². The average Bonchev–Trinajstić information content (AvgIpc) is 2.06. The first kappa shape index (κ1) is 7.75. The third-order valence-corrected chi connectivity index (χ3v) is 1.42. The molecule has 11 heavy (non-hydrogen) atoms. The first-order valence-electron chi connectivity index (χ1n) is 3.24. The summed E-state index contributed by atoms with van der Waals surface area (Å²) in [5.41, 5.74) is 1.49. The van der Waals surface area contributed by atoms with Gasteiger partial charge in [0.1, 0.15) is 0 Å². The van der Waals surface area contributed by atoms with Crippen LogP contribution in [0.2, 0.25) is 0 Å². The fourth-order valence-corrected chi connectivity index (χ4v) is 0.866. The number of rotatable bonds is 2. The second-order valence-corrected chi connectivity index (χ2v) is 2.10. The topological polar surface area (TPSA) is 52.8 Å². The van der Waals surface area contributed by atoms with Crippen LogP contribution >= 0.6 is 0 Å². The third kappa shape index (κ3) is 1.78. The molecule has 0 saturated carbocycles. The van der Waals surface area contributed by atoms with Gasteiger partial charge in [0.05, 0.1) is 12.8 Å². The second kappa shape index (κ2) is 3.73. The van der Waals surface area contributed by atoms with Crippen molar-refractivity contribution in [3.05, 3.63) is 35.4 Å². The Balaban J connectivity index is 3.02. The summed E-state index contributed by atoms with van der Waals surface area (Å²) in [5, 5.41) is 19.9. The summed E-state index contributed by atoms with van der Waals surface area (Å²) in [6, 6.07) is 7.18. The molecule has 0 fully saturated rings. The zero-order valence-corrected chi connectivity index (χ0v) is 5.94. The van der Waals surface area contributed by atoms with Gasteiger partial charge in [0.2, 0.25) is 0 Å². The lowest BCUT2D eigenvalue weighted by molar-refractivity contribution is 0.281. The minimum absolute atomic E-state index is 0.0395. The highest BCUT2D eigenvalue weighted by Crippen LogP contribution is 2.05. The second-order valence-electron chi connectivity index (χ2n) is 2.10. The van der Waals surface area contributed by atoms with Crippen LogP contribution in [0.4, 0.5) is 0 Å². The zero-order chi connectivity index (χ0) is 8.10. The Labute approximate surface area is 64.6 Å². The standard InChI is InChI=1S/C8H9NO2/c10-6-8-4-2-1-3-7(8)5-9-11/h1-5,10-11H,6H2. The van der Waals surface area contributed by atoms with Gasteiger partial charge >= 0.3 is 0 Å². The molecule has 1 aromatic carbocycles. The van der Waals surface area contributed by atoms with Gasteiger partial charge in [-0.2, -0.15) is 0 Å². The van der Waals surface area contributed by atoms with E-state index in [1.165, 1.54) is 6.21 Å². The van der Waals surface area contributed by atoms with E-state index in [1.807, 2.05) is 12.1 Å². The van der Waals surface area contributed by atoms with Crippen molar-refractivity contribution in [2.75, 3.05) is 0 Å². The molecule has 0 aliphatic carbocycles. The number of benzene rings is 1. The van der Waals surface area contributed by atoms with Gasteiger partial charge in [0.15, 0.2) is 0 Å². The van der Waals surface area contributed by atoms with E-state index in [4.69, 9.17) is 10.3 Å². The molecule has 0 heterocycles. The van der Waals surface area contributed by atoms with Crippen molar-refractivity contribution < 1.29 is 10.3 Å². The third-order valence-electron chi connectivity index (χ3n) is 1.42. The predicted octanol–water partition coefficient (Wildman–Crippen LogP) is 0.987. The minimum atomic E-state index is -0.0395. The smallest absolute Gasteiger partial charge is 0.0737 e.